The van der Waals surface area contributed by atoms with E-state index in [0.29, 0.717) is 18.3 Å². The number of imidazole rings is 1. The number of carbonyl (C=O) groups is 1. The lowest BCUT2D eigenvalue weighted by atomic mass is 10.1. The number of fused-ring (bicyclic) bond motifs is 4. The number of para-hydroxylation sites is 1. The van der Waals surface area contributed by atoms with Gasteiger partial charge in [-0.3, -0.25) is 19.2 Å². The van der Waals surface area contributed by atoms with E-state index in [1.165, 1.54) is 16.6 Å². The second-order valence-electron chi connectivity index (χ2n) is 10.6. The van der Waals surface area contributed by atoms with Crippen molar-refractivity contribution in [3.63, 3.8) is 0 Å². The fraction of sp³-hybridized carbons (Fsp3) is 0.367. The standard InChI is InChI=1S/C30H32N6O2/c1-20-8-11-23-24(32-20)5-3-6-25(23)35-16-14-34(15-17-35)13-12-21-4-2-7-26-29(21)38-18-27-28(31-19-36(26)27)30(37)33-22-9-10-22/h2-8,11,19,22H,9-10,12-18H2,1H3,(H,33,37). The van der Waals surface area contributed by atoms with Crippen LogP contribution in [0.3, 0.4) is 0 Å². The first kappa shape index (κ1) is 23.2. The monoisotopic (exact) mass is 508 g/mol. The van der Waals surface area contributed by atoms with Gasteiger partial charge in [-0.2, -0.15) is 0 Å². The van der Waals surface area contributed by atoms with E-state index >= 15 is 0 Å². The molecule has 2 aliphatic heterocycles. The maximum Gasteiger partial charge on any atom is 0.272 e. The summed E-state index contributed by atoms with van der Waals surface area (Å²) >= 11 is 0. The van der Waals surface area contributed by atoms with E-state index in [1.54, 1.807) is 6.33 Å². The van der Waals surface area contributed by atoms with Crippen LogP contribution in [0.1, 0.15) is 40.3 Å². The molecule has 3 aliphatic rings. The molecular weight excluding hydrogens is 476 g/mol. The number of hydrogen-bond donors (Lipinski definition) is 1. The molecule has 0 spiro atoms. The van der Waals surface area contributed by atoms with E-state index in [1.807, 2.05) is 17.6 Å². The van der Waals surface area contributed by atoms with Crippen molar-refractivity contribution in [3.8, 4) is 11.4 Å². The molecule has 1 amide bonds. The maximum atomic E-state index is 12.6. The van der Waals surface area contributed by atoms with Gasteiger partial charge in [0.2, 0.25) is 0 Å². The van der Waals surface area contributed by atoms with Crippen molar-refractivity contribution in [2.24, 2.45) is 0 Å². The van der Waals surface area contributed by atoms with E-state index in [2.05, 4.69) is 62.6 Å². The molecule has 8 heteroatoms. The summed E-state index contributed by atoms with van der Waals surface area (Å²) < 4.78 is 8.26. The summed E-state index contributed by atoms with van der Waals surface area (Å²) in [6, 6.07) is 17.3. The topological polar surface area (TPSA) is 75.5 Å². The molecule has 38 heavy (non-hydrogen) atoms. The predicted octanol–water partition coefficient (Wildman–Crippen LogP) is 3.88. The molecule has 1 N–H and O–H groups in total. The van der Waals surface area contributed by atoms with Gasteiger partial charge in [-0.1, -0.05) is 18.2 Å². The lowest BCUT2D eigenvalue weighted by Crippen LogP contribution is -2.47. The minimum Gasteiger partial charge on any atom is -0.485 e. The normalized spacial score (nSPS) is 17.1. The van der Waals surface area contributed by atoms with Crippen molar-refractivity contribution in [2.75, 3.05) is 37.6 Å². The number of hydrogen-bond acceptors (Lipinski definition) is 6. The van der Waals surface area contributed by atoms with Crippen LogP contribution in [0.2, 0.25) is 0 Å². The highest BCUT2D eigenvalue weighted by atomic mass is 16.5. The quantitative estimate of drug-likeness (QED) is 0.426. The number of aryl methyl sites for hydroxylation is 1. The van der Waals surface area contributed by atoms with Crippen molar-refractivity contribution in [2.45, 2.75) is 38.8 Å². The van der Waals surface area contributed by atoms with Gasteiger partial charge in [0.1, 0.15) is 18.7 Å². The number of amides is 1. The predicted molar refractivity (Wildman–Crippen MR) is 147 cm³/mol. The van der Waals surface area contributed by atoms with Gasteiger partial charge in [-0.05, 0) is 62.1 Å². The number of anilines is 1. The van der Waals surface area contributed by atoms with Crippen LogP contribution in [0.5, 0.6) is 5.75 Å². The zero-order valence-corrected chi connectivity index (χ0v) is 21.7. The third-order valence-corrected chi connectivity index (χ3v) is 7.94. The molecule has 1 saturated carbocycles. The van der Waals surface area contributed by atoms with Crippen molar-refractivity contribution in [3.05, 3.63) is 77.5 Å². The third kappa shape index (κ3) is 4.28. The molecule has 194 valence electrons. The van der Waals surface area contributed by atoms with Gasteiger partial charge < -0.3 is 15.0 Å². The number of ether oxygens (including phenoxy) is 1. The number of benzene rings is 2. The van der Waals surface area contributed by atoms with Crippen LogP contribution < -0.4 is 15.0 Å². The van der Waals surface area contributed by atoms with E-state index in [-0.39, 0.29) is 5.91 Å². The first-order valence-corrected chi connectivity index (χ1v) is 13.6. The zero-order chi connectivity index (χ0) is 25.6. The molecule has 4 aromatic rings. The maximum absolute atomic E-state index is 12.6. The van der Waals surface area contributed by atoms with Crippen LogP contribution in [-0.4, -0.2) is 64.1 Å². The Kier molecular flexibility index (Phi) is 5.77. The summed E-state index contributed by atoms with van der Waals surface area (Å²) in [6.07, 6.45) is 4.78. The SMILES string of the molecule is Cc1ccc2c(N3CCN(CCc4cccc5c4OCc4c(C(=O)NC6CC6)ncn4-5)CC3)cccc2n1. The number of nitrogens with zero attached hydrogens (tertiary/aromatic N) is 5. The van der Waals surface area contributed by atoms with E-state index in [9.17, 15) is 4.79 Å². The van der Waals surface area contributed by atoms with Gasteiger partial charge in [0.05, 0.1) is 16.9 Å². The summed E-state index contributed by atoms with van der Waals surface area (Å²) in [6.45, 7) is 7.43. The van der Waals surface area contributed by atoms with Gasteiger partial charge >= 0.3 is 0 Å². The fourth-order valence-electron chi connectivity index (χ4n) is 5.66. The van der Waals surface area contributed by atoms with Crippen LogP contribution in [-0.2, 0) is 13.0 Å². The van der Waals surface area contributed by atoms with Crippen molar-refractivity contribution < 1.29 is 9.53 Å². The Morgan fingerprint density at radius 1 is 1.03 bits per heavy atom. The highest BCUT2D eigenvalue weighted by Gasteiger charge is 2.30. The minimum absolute atomic E-state index is 0.0986. The van der Waals surface area contributed by atoms with Crippen LogP contribution in [0.4, 0.5) is 5.69 Å². The van der Waals surface area contributed by atoms with Crippen LogP contribution in [0.25, 0.3) is 16.6 Å². The highest BCUT2D eigenvalue weighted by molar-refractivity contribution is 5.94. The molecule has 2 aromatic heterocycles. The van der Waals surface area contributed by atoms with E-state index in [0.717, 1.165) is 80.3 Å². The van der Waals surface area contributed by atoms with Gasteiger partial charge in [-0.15, -0.1) is 0 Å². The number of piperazine rings is 1. The van der Waals surface area contributed by atoms with Crippen LogP contribution in [0.15, 0.2) is 54.9 Å². The van der Waals surface area contributed by atoms with Crippen LogP contribution in [0, 0.1) is 6.92 Å². The van der Waals surface area contributed by atoms with E-state index in [4.69, 9.17) is 9.72 Å². The van der Waals surface area contributed by atoms with Crippen molar-refractivity contribution >= 4 is 22.5 Å². The fourth-order valence-corrected chi connectivity index (χ4v) is 5.66. The minimum atomic E-state index is -0.0986. The number of carbonyl (C=O) groups excluding carboxylic acids is 1. The van der Waals surface area contributed by atoms with Crippen LogP contribution >= 0.6 is 0 Å². The molecule has 0 radical (unpaired) electrons. The Balaban J connectivity index is 1.02. The summed E-state index contributed by atoms with van der Waals surface area (Å²) in [5.41, 5.74) is 6.85. The smallest absolute Gasteiger partial charge is 0.272 e. The number of pyridine rings is 1. The molecule has 2 fully saturated rings. The van der Waals surface area contributed by atoms with Crippen molar-refractivity contribution in [1.82, 2.24) is 24.8 Å². The van der Waals surface area contributed by atoms with Gasteiger partial charge in [0, 0.05) is 55.5 Å². The molecule has 2 aromatic carbocycles. The largest absolute Gasteiger partial charge is 0.485 e. The molecule has 0 atom stereocenters. The first-order valence-electron chi connectivity index (χ1n) is 13.6. The number of rotatable bonds is 6. The Bertz CT molecular complexity index is 1520. The first-order chi connectivity index (χ1) is 18.6. The number of nitrogens with one attached hydrogen (secondary N) is 1. The van der Waals surface area contributed by atoms with Crippen molar-refractivity contribution in [1.29, 1.82) is 0 Å². The Morgan fingerprint density at radius 3 is 2.68 bits per heavy atom. The average molecular weight is 509 g/mol. The lowest BCUT2D eigenvalue weighted by Gasteiger charge is -2.36. The zero-order valence-electron chi connectivity index (χ0n) is 21.7. The highest BCUT2D eigenvalue weighted by Crippen LogP contribution is 2.35. The second-order valence-corrected chi connectivity index (χ2v) is 10.6. The van der Waals surface area contributed by atoms with Gasteiger partial charge in [0.15, 0.2) is 5.69 Å². The Labute approximate surface area is 222 Å². The Hall–Kier alpha value is -3.91. The summed E-state index contributed by atoms with van der Waals surface area (Å²) in [5, 5.41) is 4.27. The molecule has 1 aliphatic carbocycles. The van der Waals surface area contributed by atoms with Gasteiger partial charge in [0.25, 0.3) is 5.91 Å². The molecule has 4 heterocycles. The molecule has 0 bridgehead atoms. The molecular formula is C30H32N6O2. The molecule has 0 unspecified atom stereocenters. The summed E-state index contributed by atoms with van der Waals surface area (Å²) in [7, 11) is 0. The van der Waals surface area contributed by atoms with Gasteiger partial charge in [-0.25, -0.2) is 4.98 Å². The summed E-state index contributed by atoms with van der Waals surface area (Å²) in [5.74, 6) is 0.808. The third-order valence-electron chi connectivity index (χ3n) is 7.94. The Morgan fingerprint density at radius 2 is 1.84 bits per heavy atom. The molecule has 8 nitrogen and oxygen atoms in total. The van der Waals surface area contributed by atoms with E-state index < -0.39 is 0 Å². The molecule has 7 rings (SSSR count). The molecule has 1 saturated heterocycles. The summed E-state index contributed by atoms with van der Waals surface area (Å²) in [4.78, 5) is 26.8. The second kappa shape index (κ2) is 9.44. The lowest BCUT2D eigenvalue weighted by molar-refractivity contribution is 0.0943. The average Bonchev–Trinajstić information content (AvgIpc) is 3.65. The number of aromatic nitrogens is 3.